The normalized spacial score (nSPS) is 17.8. The molecule has 1 saturated heterocycles. The largest absolute Gasteiger partial charge is 0.467 e. The Labute approximate surface area is 438 Å². The van der Waals surface area contributed by atoms with Gasteiger partial charge in [0.25, 0.3) is 11.8 Å². The quantitative estimate of drug-likeness (QED) is 0.0748. The van der Waals surface area contributed by atoms with E-state index in [2.05, 4.69) is 37.3 Å². The zero-order valence-corrected chi connectivity index (χ0v) is 44.4. The lowest BCUT2D eigenvalue weighted by molar-refractivity contribution is -0.144. The number of ether oxygens (including phenoxy) is 3. The van der Waals surface area contributed by atoms with Gasteiger partial charge in [-0.05, 0) is 62.9 Å². The summed E-state index contributed by atoms with van der Waals surface area (Å²) in [4.78, 5) is 81.8. The van der Waals surface area contributed by atoms with Gasteiger partial charge in [-0.25, -0.2) is 14.4 Å². The number of halogens is 1. The number of likely N-dealkylation sites (N-methyl/N-ethyl adjacent to an activating group) is 2. The van der Waals surface area contributed by atoms with E-state index in [0.29, 0.717) is 42.8 Å². The number of hydrogen-bond donors (Lipinski definition) is 5. The lowest BCUT2D eigenvalue weighted by Crippen LogP contribution is -2.59. The number of nitrogens with zero attached hydrogens (tertiary/aromatic N) is 8. The average molecular weight is 1040 g/mol. The maximum Gasteiger partial charge on any atom is 0.258 e. The van der Waals surface area contributed by atoms with E-state index in [9.17, 15) is 33.6 Å². The Morgan fingerprint density at radius 3 is 2.47 bits per heavy atom. The molecule has 0 saturated carbocycles. The van der Waals surface area contributed by atoms with Gasteiger partial charge in [-0.3, -0.25) is 28.7 Å². The molecule has 2 aromatic heterocycles. The fraction of sp³-hybridized carbons (Fsp3) is 0.528. The van der Waals surface area contributed by atoms with Crippen molar-refractivity contribution in [3.8, 4) is 23.2 Å². The summed E-state index contributed by atoms with van der Waals surface area (Å²) >= 11 is 0. The summed E-state index contributed by atoms with van der Waals surface area (Å²) in [5.74, 6) is -2.17. The van der Waals surface area contributed by atoms with Crippen LogP contribution < -0.4 is 31.7 Å². The van der Waals surface area contributed by atoms with Crippen LogP contribution in [0.1, 0.15) is 106 Å². The minimum absolute atomic E-state index is 0.0363. The number of benzene rings is 2. The zero-order chi connectivity index (χ0) is 54.6. The fourth-order valence-corrected chi connectivity index (χ4v) is 8.99. The van der Waals surface area contributed by atoms with Crippen molar-refractivity contribution in [3.05, 3.63) is 88.6 Å². The number of hydrogen-bond acceptors (Lipinski definition) is 15. The number of likely N-dealkylation sites (tertiary alicyclic amines) is 1. The van der Waals surface area contributed by atoms with Crippen molar-refractivity contribution in [1.29, 1.82) is 5.26 Å². The first-order chi connectivity index (χ1) is 35.7. The molecule has 5 amide bonds. The van der Waals surface area contributed by atoms with Gasteiger partial charge in [-0.1, -0.05) is 58.0 Å². The number of carbonyl (C=O) groups is 5. The number of nitrogens with one attached hydrogen (secondary N) is 4. The highest BCUT2D eigenvalue weighted by Crippen LogP contribution is 2.34. The van der Waals surface area contributed by atoms with Crippen molar-refractivity contribution in [3.63, 3.8) is 0 Å². The predicted molar refractivity (Wildman–Crippen MR) is 277 cm³/mol. The number of fused-ring (bicyclic) bond motifs is 5. The van der Waals surface area contributed by atoms with E-state index in [1.807, 2.05) is 58.0 Å². The SMILES string of the molecule is CC[C@@H](NC(=O)[C@@H]1C[C@H](NCCOCCOCCC(=O)N(C)CCn2nc3c(c2C#N)-c2cnc(N)c(n2)O[C@H](C)c2cc(F)ccc2C(=O)N(C)C3)CN1C(=O)C(NC(=O)[C@H](C)NC)C(C)(C)C)c1ccccc1. The van der Waals surface area contributed by atoms with Gasteiger partial charge in [0.15, 0.2) is 5.82 Å². The first kappa shape index (κ1) is 57.2. The Morgan fingerprint density at radius 1 is 1.07 bits per heavy atom. The summed E-state index contributed by atoms with van der Waals surface area (Å²) < 4.78 is 33.5. The molecule has 6 rings (SSSR count). The lowest BCUT2D eigenvalue weighted by Gasteiger charge is -2.36. The number of nitrogen functional groups attached to an aromatic ring is 1. The van der Waals surface area contributed by atoms with Crippen molar-refractivity contribution in [2.75, 3.05) is 72.9 Å². The molecule has 404 valence electrons. The molecule has 0 radical (unpaired) electrons. The van der Waals surface area contributed by atoms with Crippen molar-refractivity contribution in [2.45, 2.75) is 110 Å². The summed E-state index contributed by atoms with van der Waals surface area (Å²) in [5.41, 5.74) is 7.99. The van der Waals surface area contributed by atoms with Crippen LogP contribution in [0.2, 0.25) is 0 Å². The van der Waals surface area contributed by atoms with Crippen LogP contribution in [0.3, 0.4) is 0 Å². The summed E-state index contributed by atoms with van der Waals surface area (Å²) in [6, 6.07) is 13.1. The Bertz CT molecular complexity index is 2690. The Morgan fingerprint density at radius 2 is 1.79 bits per heavy atom. The highest BCUT2D eigenvalue weighted by molar-refractivity contribution is 5.96. The van der Waals surface area contributed by atoms with Gasteiger partial charge in [-0.15, -0.1) is 0 Å². The van der Waals surface area contributed by atoms with Gasteiger partial charge in [0.1, 0.15) is 35.8 Å². The average Bonchev–Trinajstić information content (AvgIpc) is 3.98. The molecule has 2 bridgehead atoms. The van der Waals surface area contributed by atoms with Crippen LogP contribution >= 0.6 is 0 Å². The Kier molecular flexibility index (Phi) is 19.8. The van der Waals surface area contributed by atoms with Crippen LogP contribution in [-0.4, -0.2) is 155 Å². The van der Waals surface area contributed by atoms with Crippen LogP contribution in [0.25, 0.3) is 11.3 Å². The van der Waals surface area contributed by atoms with Crippen molar-refractivity contribution in [1.82, 2.24) is 55.7 Å². The molecule has 2 aliphatic rings. The predicted octanol–water partition coefficient (Wildman–Crippen LogP) is 3.51. The molecule has 0 spiro atoms. The van der Waals surface area contributed by atoms with Crippen molar-refractivity contribution < 1.29 is 42.6 Å². The summed E-state index contributed by atoms with van der Waals surface area (Å²) in [6.07, 6.45) is 1.66. The standard InChI is InChI=1S/C53H72FN13O8/c1-10-39(34-14-12-11-13-15-34)60-49(70)42-27-36(30-66(42)52(72)46(53(4,5)6)62-48(69)32(2)57-7)58-19-23-74-25-24-73-22-18-44(68)64(8)20-21-67-43(28-55)45-40-29-59-47(56)50(61-40)75-33(3)38-26-35(54)16-17-37(38)51(71)65(9)31-41(45)63-67/h11-17,26,29,32-33,36,39,42,46,57-58H,10,18-25,27,30-31H2,1-9H3,(H2,56,59)(H,60,70)(H,62,69)/t32-,33+,36-,39+,42-,46?/m0/s1. The molecule has 6 atom stereocenters. The fourth-order valence-electron chi connectivity index (χ4n) is 8.99. The van der Waals surface area contributed by atoms with Gasteiger partial charge >= 0.3 is 0 Å². The van der Waals surface area contributed by atoms with E-state index in [4.69, 9.17) is 25.0 Å². The Balaban J connectivity index is 0.985. The molecule has 4 aromatic rings. The van der Waals surface area contributed by atoms with Crippen LogP contribution in [-0.2, 0) is 41.7 Å². The number of amides is 5. The number of nitriles is 1. The van der Waals surface area contributed by atoms with E-state index in [0.717, 1.165) is 5.56 Å². The minimum Gasteiger partial charge on any atom is -0.467 e. The molecule has 1 unspecified atom stereocenters. The number of anilines is 1. The maximum absolute atomic E-state index is 14.4. The second kappa shape index (κ2) is 25.9. The topological polar surface area (TPSA) is 264 Å². The van der Waals surface area contributed by atoms with Crippen LogP contribution in [0, 0.1) is 22.6 Å². The van der Waals surface area contributed by atoms with E-state index < -0.39 is 41.4 Å². The molecule has 6 N–H and O–H groups in total. The summed E-state index contributed by atoms with van der Waals surface area (Å²) in [7, 11) is 4.89. The molecule has 2 aliphatic heterocycles. The van der Waals surface area contributed by atoms with Gasteiger partial charge in [-0.2, -0.15) is 10.4 Å². The molecular weight excluding hydrogens is 966 g/mol. The molecule has 2 aromatic carbocycles. The van der Waals surface area contributed by atoms with Gasteiger partial charge in [0, 0.05) is 50.9 Å². The van der Waals surface area contributed by atoms with Crippen LogP contribution in [0.5, 0.6) is 5.88 Å². The van der Waals surface area contributed by atoms with Crippen LogP contribution in [0.15, 0.2) is 54.7 Å². The molecule has 0 aliphatic carbocycles. The van der Waals surface area contributed by atoms with Crippen LogP contribution in [0.4, 0.5) is 10.2 Å². The number of carbonyl (C=O) groups excluding carboxylic acids is 5. The third-order valence-electron chi connectivity index (χ3n) is 13.5. The lowest BCUT2D eigenvalue weighted by atomic mass is 9.85. The van der Waals surface area contributed by atoms with Gasteiger partial charge in [0.05, 0.1) is 81.2 Å². The van der Waals surface area contributed by atoms with E-state index >= 15 is 0 Å². The molecule has 22 heteroatoms. The van der Waals surface area contributed by atoms with E-state index in [1.165, 1.54) is 38.9 Å². The second-order valence-electron chi connectivity index (χ2n) is 20.0. The summed E-state index contributed by atoms with van der Waals surface area (Å²) in [6.45, 7) is 13.0. The zero-order valence-electron chi connectivity index (χ0n) is 44.4. The second-order valence-corrected chi connectivity index (χ2v) is 20.0. The van der Waals surface area contributed by atoms with E-state index in [-0.39, 0.29) is 117 Å². The summed E-state index contributed by atoms with van der Waals surface area (Å²) in [5, 5.41) is 27.6. The number of nitrogens with two attached hydrogens (primary N) is 1. The third-order valence-corrected chi connectivity index (χ3v) is 13.5. The van der Waals surface area contributed by atoms with E-state index in [1.54, 1.807) is 39.9 Å². The van der Waals surface area contributed by atoms with Gasteiger partial charge in [0.2, 0.25) is 23.6 Å². The smallest absolute Gasteiger partial charge is 0.258 e. The Hall–Kier alpha value is -7.06. The van der Waals surface area contributed by atoms with Crippen molar-refractivity contribution in [2.24, 2.45) is 5.41 Å². The minimum atomic E-state index is -0.879. The van der Waals surface area contributed by atoms with Crippen molar-refractivity contribution >= 4 is 35.4 Å². The molecule has 1 fully saturated rings. The number of rotatable bonds is 21. The molecule has 4 heterocycles. The number of aromatic nitrogens is 4. The third kappa shape index (κ3) is 14.4. The first-order valence-corrected chi connectivity index (χ1v) is 25.4. The first-order valence-electron chi connectivity index (χ1n) is 25.4. The highest BCUT2D eigenvalue weighted by atomic mass is 19.1. The molecular formula is C53H72FN13O8. The molecule has 21 nitrogen and oxygen atoms in total. The highest BCUT2D eigenvalue weighted by Gasteiger charge is 2.45. The molecule has 75 heavy (non-hydrogen) atoms. The maximum atomic E-state index is 14.4. The van der Waals surface area contributed by atoms with Gasteiger partial charge < -0.3 is 55.9 Å². The monoisotopic (exact) mass is 1040 g/mol.